The van der Waals surface area contributed by atoms with Crippen LogP contribution >= 0.6 is 0 Å². The second kappa shape index (κ2) is 4.82. The zero-order valence-corrected chi connectivity index (χ0v) is 11.1. The Bertz CT molecular complexity index is 715. The fourth-order valence-corrected chi connectivity index (χ4v) is 2.22. The van der Waals surface area contributed by atoms with Crippen molar-refractivity contribution in [1.82, 2.24) is 20.1 Å². The summed E-state index contributed by atoms with van der Waals surface area (Å²) in [4.78, 5) is 4.65. The molecule has 0 spiro atoms. The van der Waals surface area contributed by atoms with Gasteiger partial charge in [0, 0.05) is 18.1 Å². The molecule has 3 aromatic rings. The molecule has 1 N–H and O–H groups in total. The summed E-state index contributed by atoms with van der Waals surface area (Å²) < 4.78 is 1.92. The second-order valence-corrected chi connectivity index (χ2v) is 4.64. The number of fused-ring (bicyclic) bond motifs is 1. The van der Waals surface area contributed by atoms with Crippen LogP contribution in [0.15, 0.2) is 42.7 Å². The van der Waals surface area contributed by atoms with Gasteiger partial charge >= 0.3 is 0 Å². The van der Waals surface area contributed by atoms with Gasteiger partial charge in [-0.2, -0.15) is 5.10 Å². The Morgan fingerprint density at radius 3 is 2.84 bits per heavy atom. The molecule has 96 valence electrons. The molecule has 3 rings (SSSR count). The van der Waals surface area contributed by atoms with Crippen LogP contribution in [0.3, 0.4) is 0 Å². The van der Waals surface area contributed by atoms with Gasteiger partial charge < -0.3 is 5.32 Å². The van der Waals surface area contributed by atoms with Crippen molar-refractivity contribution < 1.29 is 0 Å². The van der Waals surface area contributed by atoms with Gasteiger partial charge in [-0.25, -0.2) is 4.68 Å². The summed E-state index contributed by atoms with van der Waals surface area (Å²) >= 11 is 0. The number of aromatic nitrogens is 3. The molecule has 0 amide bonds. The lowest BCUT2D eigenvalue weighted by atomic mass is 10.1. The maximum atomic E-state index is 4.65. The molecule has 4 heteroatoms. The number of para-hydroxylation sites is 1. The molecule has 0 saturated carbocycles. The molecule has 0 unspecified atom stereocenters. The highest BCUT2D eigenvalue weighted by Crippen LogP contribution is 2.21. The molecule has 0 aliphatic carbocycles. The van der Waals surface area contributed by atoms with Crippen molar-refractivity contribution in [2.45, 2.75) is 13.5 Å². The quantitative estimate of drug-likeness (QED) is 0.778. The number of hydrogen-bond acceptors (Lipinski definition) is 3. The monoisotopic (exact) mass is 252 g/mol. The number of aryl methyl sites for hydroxylation is 1. The lowest BCUT2D eigenvalue weighted by Gasteiger charge is -2.09. The van der Waals surface area contributed by atoms with Crippen LogP contribution in [0.2, 0.25) is 0 Å². The van der Waals surface area contributed by atoms with E-state index >= 15 is 0 Å². The maximum absolute atomic E-state index is 4.65. The molecule has 2 heterocycles. The molecular formula is C15H16N4. The van der Waals surface area contributed by atoms with Crippen molar-refractivity contribution >= 4 is 10.9 Å². The van der Waals surface area contributed by atoms with Crippen molar-refractivity contribution in [3.05, 3.63) is 54.0 Å². The Kier molecular flexibility index (Phi) is 3.01. The minimum atomic E-state index is 0.748. The SMILES string of the molecule is CNCc1cc(-n2cc(C)cn2)c2ccccc2n1. The van der Waals surface area contributed by atoms with Crippen LogP contribution in [0.4, 0.5) is 0 Å². The van der Waals surface area contributed by atoms with Crippen molar-refractivity contribution in [3.63, 3.8) is 0 Å². The van der Waals surface area contributed by atoms with Crippen molar-refractivity contribution in [2.24, 2.45) is 0 Å². The Hall–Kier alpha value is -2.20. The molecule has 4 nitrogen and oxygen atoms in total. The summed E-state index contributed by atoms with van der Waals surface area (Å²) in [6.45, 7) is 2.79. The van der Waals surface area contributed by atoms with E-state index in [9.17, 15) is 0 Å². The van der Waals surface area contributed by atoms with Gasteiger partial charge in [-0.3, -0.25) is 4.98 Å². The number of rotatable bonds is 3. The van der Waals surface area contributed by atoms with Gasteiger partial charge in [0.05, 0.1) is 23.1 Å². The van der Waals surface area contributed by atoms with E-state index in [2.05, 4.69) is 27.5 Å². The summed E-state index contributed by atoms with van der Waals surface area (Å²) in [5, 5.41) is 8.66. The number of nitrogens with one attached hydrogen (secondary N) is 1. The summed E-state index contributed by atoms with van der Waals surface area (Å²) in [5.41, 5.74) is 4.24. The third kappa shape index (κ3) is 2.22. The smallest absolute Gasteiger partial charge is 0.0758 e. The first-order chi connectivity index (χ1) is 9.28. The topological polar surface area (TPSA) is 42.7 Å². The largest absolute Gasteiger partial charge is 0.314 e. The third-order valence-corrected chi connectivity index (χ3v) is 3.06. The summed E-state index contributed by atoms with van der Waals surface area (Å²) in [6, 6.07) is 10.2. The molecule has 0 aliphatic rings. The molecule has 2 aromatic heterocycles. The molecular weight excluding hydrogens is 236 g/mol. The Labute approximate surface area is 112 Å². The van der Waals surface area contributed by atoms with Crippen molar-refractivity contribution in [3.8, 4) is 5.69 Å². The van der Waals surface area contributed by atoms with Crippen LogP contribution in [0.25, 0.3) is 16.6 Å². The lowest BCUT2D eigenvalue weighted by molar-refractivity contribution is 0.790. The number of pyridine rings is 1. The van der Waals surface area contributed by atoms with Crippen LogP contribution in [0, 0.1) is 6.92 Å². The summed E-state index contributed by atoms with van der Waals surface area (Å²) in [7, 11) is 1.93. The Morgan fingerprint density at radius 1 is 1.26 bits per heavy atom. The number of nitrogens with zero attached hydrogens (tertiary/aromatic N) is 3. The minimum absolute atomic E-state index is 0.748. The maximum Gasteiger partial charge on any atom is 0.0758 e. The molecule has 0 saturated heterocycles. The zero-order valence-electron chi connectivity index (χ0n) is 11.1. The minimum Gasteiger partial charge on any atom is -0.314 e. The molecule has 0 radical (unpaired) electrons. The van der Waals surface area contributed by atoms with Crippen LogP contribution < -0.4 is 5.32 Å². The third-order valence-electron chi connectivity index (χ3n) is 3.06. The van der Waals surface area contributed by atoms with Crippen LogP contribution in [0.1, 0.15) is 11.3 Å². The van der Waals surface area contributed by atoms with E-state index in [1.165, 1.54) is 0 Å². The predicted octanol–water partition coefficient (Wildman–Crippen LogP) is 2.45. The van der Waals surface area contributed by atoms with Gasteiger partial charge in [-0.1, -0.05) is 18.2 Å². The van der Waals surface area contributed by atoms with Gasteiger partial charge in [0.2, 0.25) is 0 Å². The highest BCUT2D eigenvalue weighted by Gasteiger charge is 2.07. The van der Waals surface area contributed by atoms with E-state index in [0.29, 0.717) is 0 Å². The first-order valence-electron chi connectivity index (χ1n) is 6.33. The fraction of sp³-hybridized carbons (Fsp3) is 0.200. The number of hydrogen-bond donors (Lipinski definition) is 1. The zero-order chi connectivity index (χ0) is 13.2. The van der Waals surface area contributed by atoms with E-state index < -0.39 is 0 Å². The number of benzene rings is 1. The van der Waals surface area contributed by atoms with E-state index in [-0.39, 0.29) is 0 Å². The van der Waals surface area contributed by atoms with Crippen molar-refractivity contribution in [1.29, 1.82) is 0 Å². The van der Waals surface area contributed by atoms with Gasteiger partial charge in [-0.15, -0.1) is 0 Å². The van der Waals surface area contributed by atoms with E-state index in [1.54, 1.807) is 0 Å². The first-order valence-corrected chi connectivity index (χ1v) is 6.33. The van der Waals surface area contributed by atoms with Gasteiger partial charge in [0.15, 0.2) is 0 Å². The highest BCUT2D eigenvalue weighted by molar-refractivity contribution is 5.87. The lowest BCUT2D eigenvalue weighted by Crippen LogP contribution is -2.08. The van der Waals surface area contributed by atoms with Crippen LogP contribution in [-0.2, 0) is 6.54 Å². The Balaban J connectivity index is 2.25. The highest BCUT2D eigenvalue weighted by atomic mass is 15.3. The van der Waals surface area contributed by atoms with E-state index in [4.69, 9.17) is 0 Å². The van der Waals surface area contributed by atoms with Gasteiger partial charge in [0.1, 0.15) is 0 Å². The average Bonchev–Trinajstić information content (AvgIpc) is 2.85. The van der Waals surface area contributed by atoms with Crippen molar-refractivity contribution in [2.75, 3.05) is 7.05 Å². The molecule has 1 aromatic carbocycles. The standard InChI is InChI=1S/C15H16N4/c1-11-8-17-19(10-11)15-7-12(9-16-2)18-14-6-4-3-5-13(14)15/h3-8,10,16H,9H2,1-2H3. The normalized spacial score (nSPS) is 11.1. The summed E-state index contributed by atoms with van der Waals surface area (Å²) in [6.07, 6.45) is 3.90. The van der Waals surface area contributed by atoms with E-state index in [0.717, 1.165) is 34.4 Å². The molecule has 19 heavy (non-hydrogen) atoms. The predicted molar refractivity (Wildman–Crippen MR) is 76.4 cm³/mol. The van der Waals surface area contributed by atoms with Crippen LogP contribution in [-0.4, -0.2) is 21.8 Å². The molecule has 0 bridgehead atoms. The molecule has 0 atom stereocenters. The first kappa shape index (κ1) is 11.9. The van der Waals surface area contributed by atoms with Crippen LogP contribution in [0.5, 0.6) is 0 Å². The van der Waals surface area contributed by atoms with Gasteiger partial charge in [0.25, 0.3) is 0 Å². The second-order valence-electron chi connectivity index (χ2n) is 4.64. The Morgan fingerprint density at radius 2 is 2.11 bits per heavy atom. The molecule has 0 fully saturated rings. The fourth-order valence-electron chi connectivity index (χ4n) is 2.22. The van der Waals surface area contributed by atoms with E-state index in [1.807, 2.05) is 49.2 Å². The van der Waals surface area contributed by atoms with Gasteiger partial charge in [-0.05, 0) is 31.7 Å². The summed E-state index contributed by atoms with van der Waals surface area (Å²) in [5.74, 6) is 0. The average molecular weight is 252 g/mol. The molecule has 0 aliphatic heterocycles.